The molecule has 4 nitrogen and oxygen atoms in total. The fourth-order valence-corrected chi connectivity index (χ4v) is 2.25. The number of carbonyl (C=O) groups is 1. The standard InChI is InChI=1S/C14H20N2O2.ClH/c1-2-16(10-11-6-5-9-18-11)14(17)12-7-3-4-8-13(12)15;/h3-4,7-8,11H,2,5-6,9-10,15H2,1H3;1H. The number of anilines is 1. The summed E-state index contributed by atoms with van der Waals surface area (Å²) < 4.78 is 5.58. The van der Waals surface area contributed by atoms with Crippen LogP contribution in [0.5, 0.6) is 0 Å². The highest BCUT2D eigenvalue weighted by Crippen LogP contribution is 2.17. The summed E-state index contributed by atoms with van der Waals surface area (Å²) >= 11 is 0. The summed E-state index contributed by atoms with van der Waals surface area (Å²) in [7, 11) is 0. The van der Waals surface area contributed by atoms with E-state index in [0.29, 0.717) is 24.3 Å². The molecule has 1 aromatic carbocycles. The van der Waals surface area contributed by atoms with E-state index < -0.39 is 0 Å². The van der Waals surface area contributed by atoms with Crippen molar-refractivity contribution in [2.45, 2.75) is 25.9 Å². The monoisotopic (exact) mass is 284 g/mol. The lowest BCUT2D eigenvalue weighted by Gasteiger charge is -2.24. The molecule has 19 heavy (non-hydrogen) atoms. The Morgan fingerprint density at radius 3 is 2.79 bits per heavy atom. The molecule has 0 aliphatic carbocycles. The minimum Gasteiger partial charge on any atom is -0.398 e. The van der Waals surface area contributed by atoms with Gasteiger partial charge in [-0.2, -0.15) is 0 Å². The number of nitrogen functional groups attached to an aromatic ring is 1. The first-order chi connectivity index (χ1) is 8.72. The van der Waals surface area contributed by atoms with E-state index in [4.69, 9.17) is 10.5 Å². The zero-order chi connectivity index (χ0) is 13.0. The average Bonchev–Trinajstić information content (AvgIpc) is 2.88. The molecule has 1 amide bonds. The maximum absolute atomic E-state index is 12.4. The van der Waals surface area contributed by atoms with Crippen LogP contribution in [-0.4, -0.2) is 36.6 Å². The van der Waals surface area contributed by atoms with Gasteiger partial charge in [-0.05, 0) is 31.9 Å². The average molecular weight is 285 g/mol. The highest BCUT2D eigenvalue weighted by molar-refractivity contribution is 5.99. The number of halogens is 1. The Kier molecular flexibility index (Phi) is 6.12. The molecule has 1 saturated heterocycles. The van der Waals surface area contributed by atoms with Crippen LogP contribution >= 0.6 is 12.4 Å². The third-order valence-electron chi connectivity index (χ3n) is 3.31. The quantitative estimate of drug-likeness (QED) is 0.864. The third-order valence-corrected chi connectivity index (χ3v) is 3.31. The third kappa shape index (κ3) is 3.85. The van der Waals surface area contributed by atoms with E-state index in [1.54, 1.807) is 12.1 Å². The van der Waals surface area contributed by atoms with Crippen molar-refractivity contribution in [2.75, 3.05) is 25.4 Å². The van der Waals surface area contributed by atoms with Crippen molar-refractivity contribution in [3.63, 3.8) is 0 Å². The maximum Gasteiger partial charge on any atom is 0.256 e. The smallest absolute Gasteiger partial charge is 0.256 e. The number of nitrogens with two attached hydrogens (primary N) is 1. The van der Waals surface area contributed by atoms with Crippen molar-refractivity contribution in [1.82, 2.24) is 4.90 Å². The topological polar surface area (TPSA) is 55.6 Å². The Balaban J connectivity index is 0.00000180. The molecule has 0 radical (unpaired) electrons. The van der Waals surface area contributed by atoms with Crippen LogP contribution in [-0.2, 0) is 4.74 Å². The number of ether oxygens (including phenoxy) is 1. The van der Waals surface area contributed by atoms with Gasteiger partial charge in [-0.1, -0.05) is 12.1 Å². The van der Waals surface area contributed by atoms with Gasteiger partial charge in [-0.15, -0.1) is 12.4 Å². The molecule has 0 aromatic heterocycles. The molecule has 5 heteroatoms. The largest absolute Gasteiger partial charge is 0.398 e. The first-order valence-electron chi connectivity index (χ1n) is 6.47. The summed E-state index contributed by atoms with van der Waals surface area (Å²) in [5.41, 5.74) is 6.96. The summed E-state index contributed by atoms with van der Waals surface area (Å²) in [6, 6.07) is 7.20. The molecule has 0 saturated carbocycles. The Labute approximate surface area is 120 Å². The van der Waals surface area contributed by atoms with Gasteiger partial charge in [0.2, 0.25) is 0 Å². The summed E-state index contributed by atoms with van der Waals surface area (Å²) in [6.07, 6.45) is 2.30. The zero-order valence-corrected chi connectivity index (χ0v) is 12.0. The van der Waals surface area contributed by atoms with Gasteiger partial charge in [-0.3, -0.25) is 4.79 Å². The van der Waals surface area contributed by atoms with Gasteiger partial charge in [0.15, 0.2) is 0 Å². The Bertz CT molecular complexity index is 420. The van der Waals surface area contributed by atoms with E-state index in [9.17, 15) is 4.79 Å². The van der Waals surface area contributed by atoms with E-state index in [-0.39, 0.29) is 24.4 Å². The lowest BCUT2D eigenvalue weighted by molar-refractivity contribution is 0.0540. The number of likely N-dealkylation sites (N-methyl/N-ethyl adjacent to an activating group) is 1. The second-order valence-corrected chi connectivity index (χ2v) is 4.57. The molecule has 0 bridgehead atoms. The highest BCUT2D eigenvalue weighted by atomic mass is 35.5. The molecular weight excluding hydrogens is 264 g/mol. The van der Waals surface area contributed by atoms with Crippen molar-refractivity contribution in [3.8, 4) is 0 Å². The number of amides is 1. The normalized spacial score (nSPS) is 17.8. The molecule has 1 aliphatic heterocycles. The maximum atomic E-state index is 12.4. The minimum absolute atomic E-state index is 0. The molecule has 1 aromatic rings. The number of nitrogens with zero attached hydrogens (tertiary/aromatic N) is 1. The lowest BCUT2D eigenvalue weighted by atomic mass is 10.1. The van der Waals surface area contributed by atoms with Gasteiger partial charge in [0.1, 0.15) is 0 Å². The number of benzene rings is 1. The van der Waals surface area contributed by atoms with Crippen LogP contribution in [0.3, 0.4) is 0 Å². The predicted molar refractivity (Wildman–Crippen MR) is 78.7 cm³/mol. The molecule has 106 valence electrons. The Hall–Kier alpha value is -1.26. The number of hydrogen-bond acceptors (Lipinski definition) is 3. The van der Waals surface area contributed by atoms with E-state index in [1.807, 2.05) is 24.0 Å². The van der Waals surface area contributed by atoms with Gasteiger partial charge >= 0.3 is 0 Å². The SMILES string of the molecule is CCN(CC1CCCO1)C(=O)c1ccccc1N.Cl. The molecular formula is C14H21ClN2O2. The van der Waals surface area contributed by atoms with Crippen LogP contribution in [0.4, 0.5) is 5.69 Å². The highest BCUT2D eigenvalue weighted by Gasteiger charge is 2.23. The molecule has 1 heterocycles. The van der Waals surface area contributed by atoms with Crippen LogP contribution in [0.2, 0.25) is 0 Å². The van der Waals surface area contributed by atoms with E-state index >= 15 is 0 Å². The lowest BCUT2D eigenvalue weighted by Crippen LogP contribution is -2.37. The van der Waals surface area contributed by atoms with Crippen molar-refractivity contribution in [3.05, 3.63) is 29.8 Å². The van der Waals surface area contributed by atoms with Gasteiger partial charge in [0.25, 0.3) is 5.91 Å². The molecule has 1 aliphatic rings. The van der Waals surface area contributed by atoms with Crippen LogP contribution in [0, 0.1) is 0 Å². The first kappa shape index (κ1) is 15.8. The Morgan fingerprint density at radius 1 is 1.47 bits per heavy atom. The van der Waals surface area contributed by atoms with Gasteiger partial charge in [-0.25, -0.2) is 0 Å². The van der Waals surface area contributed by atoms with Crippen LogP contribution in [0.1, 0.15) is 30.1 Å². The summed E-state index contributed by atoms with van der Waals surface area (Å²) in [5.74, 6) is -0.00824. The van der Waals surface area contributed by atoms with Crippen molar-refractivity contribution in [1.29, 1.82) is 0 Å². The number of hydrogen-bond donors (Lipinski definition) is 1. The molecule has 1 atom stereocenters. The van der Waals surface area contributed by atoms with E-state index in [1.165, 1.54) is 0 Å². The zero-order valence-electron chi connectivity index (χ0n) is 11.2. The molecule has 2 rings (SSSR count). The fraction of sp³-hybridized carbons (Fsp3) is 0.500. The van der Waals surface area contributed by atoms with E-state index in [2.05, 4.69) is 0 Å². The summed E-state index contributed by atoms with van der Waals surface area (Å²) in [5, 5.41) is 0. The summed E-state index contributed by atoms with van der Waals surface area (Å²) in [6.45, 7) is 4.12. The van der Waals surface area contributed by atoms with Crippen LogP contribution in [0.25, 0.3) is 0 Å². The summed E-state index contributed by atoms with van der Waals surface area (Å²) in [4.78, 5) is 14.2. The number of carbonyl (C=O) groups excluding carboxylic acids is 1. The first-order valence-corrected chi connectivity index (χ1v) is 6.47. The van der Waals surface area contributed by atoms with Gasteiger partial charge in [0, 0.05) is 25.4 Å². The van der Waals surface area contributed by atoms with Gasteiger partial charge in [0.05, 0.1) is 11.7 Å². The molecule has 1 unspecified atom stereocenters. The second-order valence-electron chi connectivity index (χ2n) is 4.57. The van der Waals surface area contributed by atoms with Crippen molar-refractivity contribution in [2.24, 2.45) is 0 Å². The van der Waals surface area contributed by atoms with Crippen molar-refractivity contribution >= 4 is 24.0 Å². The molecule has 2 N–H and O–H groups in total. The minimum atomic E-state index is -0.00824. The number of para-hydroxylation sites is 1. The van der Waals surface area contributed by atoms with E-state index in [0.717, 1.165) is 19.4 Å². The van der Waals surface area contributed by atoms with Gasteiger partial charge < -0.3 is 15.4 Å². The predicted octanol–water partition coefficient (Wildman–Crippen LogP) is 2.33. The van der Waals surface area contributed by atoms with Crippen LogP contribution in [0.15, 0.2) is 24.3 Å². The molecule has 0 spiro atoms. The second kappa shape index (κ2) is 7.36. The van der Waals surface area contributed by atoms with Crippen molar-refractivity contribution < 1.29 is 9.53 Å². The fourth-order valence-electron chi connectivity index (χ4n) is 2.25. The number of rotatable bonds is 4. The van der Waals surface area contributed by atoms with Crippen LogP contribution < -0.4 is 5.73 Å². The molecule has 1 fully saturated rings. The Morgan fingerprint density at radius 2 is 2.21 bits per heavy atom.